The molecule has 5 heteroatoms. The monoisotopic (exact) mass is 407 g/mol. The number of amides is 1. The second kappa shape index (κ2) is 10.3. The van der Waals surface area contributed by atoms with E-state index >= 15 is 0 Å². The lowest BCUT2D eigenvalue weighted by molar-refractivity contribution is -0.120. The molecular weight excluding hydrogens is 378 g/mol. The average Bonchev–Trinajstić information content (AvgIpc) is 3.06. The number of benzene rings is 2. The Balaban J connectivity index is 1.49. The maximum absolute atomic E-state index is 12.6. The Morgan fingerprint density at radius 1 is 1.03 bits per heavy atom. The molecule has 0 aliphatic carbocycles. The third kappa shape index (κ3) is 6.50. The van der Waals surface area contributed by atoms with E-state index < -0.39 is 0 Å². The average molecular weight is 408 g/mol. The van der Waals surface area contributed by atoms with Crippen LogP contribution in [0.1, 0.15) is 42.8 Å². The third-order valence-corrected chi connectivity index (χ3v) is 5.92. The molecule has 152 valence electrons. The summed E-state index contributed by atoms with van der Waals surface area (Å²) in [5, 5.41) is 3.72. The Kier molecular flexibility index (Phi) is 7.53. The number of hydrogen-bond donors (Lipinski definition) is 2. The number of nitrogens with zero attached hydrogens (tertiary/aromatic N) is 1. The smallest absolute Gasteiger partial charge is 0.233 e. The molecule has 2 N–H and O–H groups in total. The van der Waals surface area contributed by atoms with Gasteiger partial charge in [0, 0.05) is 18.2 Å². The zero-order valence-corrected chi connectivity index (χ0v) is 18.1. The van der Waals surface area contributed by atoms with Gasteiger partial charge in [-0.2, -0.15) is 0 Å². The molecule has 3 aromatic rings. The molecule has 1 aromatic heterocycles. The second-order valence-electron chi connectivity index (χ2n) is 7.47. The van der Waals surface area contributed by atoms with Crippen molar-refractivity contribution in [3.05, 3.63) is 83.2 Å². The molecule has 0 aliphatic rings. The van der Waals surface area contributed by atoms with Crippen LogP contribution in [0.15, 0.2) is 65.8 Å². The first-order valence-corrected chi connectivity index (χ1v) is 11.0. The Labute approximate surface area is 177 Å². The highest BCUT2D eigenvalue weighted by Crippen LogP contribution is 2.23. The Morgan fingerprint density at radius 3 is 2.31 bits per heavy atom. The number of H-pyrrole nitrogens is 1. The van der Waals surface area contributed by atoms with Gasteiger partial charge in [-0.1, -0.05) is 72.4 Å². The molecule has 4 nitrogen and oxygen atoms in total. The quantitative estimate of drug-likeness (QED) is 0.495. The molecule has 0 spiro atoms. The maximum Gasteiger partial charge on any atom is 0.233 e. The number of carbonyl (C=O) groups is 1. The predicted molar refractivity (Wildman–Crippen MR) is 120 cm³/mol. The van der Waals surface area contributed by atoms with E-state index in [1.54, 1.807) is 0 Å². The molecule has 1 heterocycles. The van der Waals surface area contributed by atoms with Gasteiger partial charge >= 0.3 is 0 Å². The standard InChI is InChI=1S/C24H29N3OS/c1-17(14-15-20-10-6-4-7-11-20)25-23(28)19(3)29-24-26-18(2)22(27-24)16-21-12-8-5-9-13-21/h4-13,17,19H,14-16H2,1-3H3,(H,25,28)(H,26,27). The van der Waals surface area contributed by atoms with Crippen LogP contribution >= 0.6 is 11.8 Å². The zero-order chi connectivity index (χ0) is 20.6. The van der Waals surface area contributed by atoms with Crippen molar-refractivity contribution in [3.63, 3.8) is 0 Å². The summed E-state index contributed by atoms with van der Waals surface area (Å²) >= 11 is 1.47. The summed E-state index contributed by atoms with van der Waals surface area (Å²) in [6.07, 6.45) is 2.68. The van der Waals surface area contributed by atoms with E-state index in [-0.39, 0.29) is 17.2 Å². The van der Waals surface area contributed by atoms with Crippen LogP contribution in [0.3, 0.4) is 0 Å². The number of aromatic amines is 1. The molecule has 0 bridgehead atoms. The molecule has 2 aromatic carbocycles. The Bertz CT molecular complexity index is 908. The number of aromatic nitrogens is 2. The SMILES string of the molecule is Cc1[nH]c(SC(C)C(=O)NC(C)CCc2ccccc2)nc1Cc1ccccc1. The molecule has 0 aliphatic heterocycles. The van der Waals surface area contributed by atoms with Crippen LogP contribution in [-0.4, -0.2) is 27.2 Å². The van der Waals surface area contributed by atoms with Gasteiger partial charge < -0.3 is 10.3 Å². The van der Waals surface area contributed by atoms with Gasteiger partial charge in [0.2, 0.25) is 5.91 Å². The van der Waals surface area contributed by atoms with Gasteiger partial charge in [0.25, 0.3) is 0 Å². The highest BCUT2D eigenvalue weighted by atomic mass is 32.2. The third-order valence-electron chi connectivity index (χ3n) is 4.93. The van der Waals surface area contributed by atoms with Crippen LogP contribution < -0.4 is 5.32 Å². The van der Waals surface area contributed by atoms with Gasteiger partial charge in [0.15, 0.2) is 5.16 Å². The van der Waals surface area contributed by atoms with Gasteiger partial charge in [-0.15, -0.1) is 0 Å². The van der Waals surface area contributed by atoms with Gasteiger partial charge in [0.1, 0.15) is 0 Å². The van der Waals surface area contributed by atoms with Crippen LogP contribution in [0.25, 0.3) is 0 Å². The van der Waals surface area contributed by atoms with Crippen molar-refractivity contribution >= 4 is 17.7 Å². The highest BCUT2D eigenvalue weighted by Gasteiger charge is 2.19. The van der Waals surface area contributed by atoms with Crippen LogP contribution in [0, 0.1) is 6.92 Å². The minimum atomic E-state index is -0.204. The lowest BCUT2D eigenvalue weighted by atomic mass is 10.1. The molecule has 2 atom stereocenters. The lowest BCUT2D eigenvalue weighted by Crippen LogP contribution is -2.37. The van der Waals surface area contributed by atoms with Crippen LogP contribution in [-0.2, 0) is 17.6 Å². The number of thioether (sulfide) groups is 1. The summed E-state index contributed by atoms with van der Waals surface area (Å²) in [6, 6.07) is 20.8. The van der Waals surface area contributed by atoms with Crippen molar-refractivity contribution in [1.29, 1.82) is 0 Å². The number of imidazole rings is 1. The van der Waals surface area contributed by atoms with Crippen molar-refractivity contribution in [2.24, 2.45) is 0 Å². The van der Waals surface area contributed by atoms with Gasteiger partial charge in [-0.3, -0.25) is 4.79 Å². The highest BCUT2D eigenvalue weighted by molar-refractivity contribution is 8.00. The fourth-order valence-electron chi connectivity index (χ4n) is 3.17. The largest absolute Gasteiger partial charge is 0.353 e. The summed E-state index contributed by atoms with van der Waals surface area (Å²) in [4.78, 5) is 20.6. The summed E-state index contributed by atoms with van der Waals surface area (Å²) in [5.74, 6) is 0.0502. The molecule has 0 radical (unpaired) electrons. The van der Waals surface area contributed by atoms with Gasteiger partial charge in [0.05, 0.1) is 10.9 Å². The zero-order valence-electron chi connectivity index (χ0n) is 17.3. The minimum Gasteiger partial charge on any atom is -0.353 e. The Hall–Kier alpha value is -2.53. The second-order valence-corrected chi connectivity index (χ2v) is 8.80. The van der Waals surface area contributed by atoms with E-state index in [1.807, 2.05) is 38.1 Å². The van der Waals surface area contributed by atoms with E-state index in [9.17, 15) is 4.79 Å². The van der Waals surface area contributed by atoms with E-state index in [0.717, 1.165) is 35.8 Å². The number of rotatable bonds is 9. The van der Waals surface area contributed by atoms with Gasteiger partial charge in [-0.25, -0.2) is 4.98 Å². The van der Waals surface area contributed by atoms with E-state index in [4.69, 9.17) is 4.98 Å². The summed E-state index contributed by atoms with van der Waals surface area (Å²) in [6.45, 7) is 6.03. The van der Waals surface area contributed by atoms with Crippen molar-refractivity contribution < 1.29 is 4.79 Å². The molecule has 0 saturated carbocycles. The molecular formula is C24H29N3OS. The topological polar surface area (TPSA) is 57.8 Å². The van der Waals surface area contributed by atoms with E-state index in [1.165, 1.54) is 22.9 Å². The van der Waals surface area contributed by atoms with Crippen molar-refractivity contribution in [2.75, 3.05) is 0 Å². The normalized spacial score (nSPS) is 13.1. The molecule has 3 rings (SSSR count). The van der Waals surface area contributed by atoms with E-state index in [0.29, 0.717) is 0 Å². The summed E-state index contributed by atoms with van der Waals surface area (Å²) in [5.41, 5.74) is 4.62. The summed E-state index contributed by atoms with van der Waals surface area (Å²) < 4.78 is 0. The maximum atomic E-state index is 12.6. The molecule has 0 saturated heterocycles. The molecule has 1 amide bonds. The molecule has 29 heavy (non-hydrogen) atoms. The molecule has 2 unspecified atom stereocenters. The fourth-order valence-corrected chi connectivity index (χ4v) is 4.05. The van der Waals surface area contributed by atoms with Crippen LogP contribution in [0.2, 0.25) is 0 Å². The predicted octanol–water partition coefficient (Wildman–Crippen LogP) is 4.93. The van der Waals surface area contributed by atoms with Gasteiger partial charge in [-0.05, 0) is 44.7 Å². The first kappa shape index (κ1) is 21.2. The van der Waals surface area contributed by atoms with Crippen LogP contribution in [0.4, 0.5) is 0 Å². The number of nitrogens with one attached hydrogen (secondary N) is 2. The lowest BCUT2D eigenvalue weighted by Gasteiger charge is -2.16. The number of carbonyl (C=O) groups excluding carboxylic acids is 1. The first-order valence-electron chi connectivity index (χ1n) is 10.1. The van der Waals surface area contributed by atoms with Crippen molar-refractivity contribution in [3.8, 4) is 0 Å². The van der Waals surface area contributed by atoms with Crippen LogP contribution in [0.5, 0.6) is 0 Å². The van der Waals surface area contributed by atoms with E-state index in [2.05, 4.69) is 53.6 Å². The number of hydrogen-bond acceptors (Lipinski definition) is 3. The fraction of sp³-hybridized carbons (Fsp3) is 0.333. The van der Waals surface area contributed by atoms with Crippen molar-refractivity contribution in [2.45, 2.75) is 56.5 Å². The first-order chi connectivity index (χ1) is 14.0. The summed E-state index contributed by atoms with van der Waals surface area (Å²) in [7, 11) is 0. The Morgan fingerprint density at radius 2 is 1.66 bits per heavy atom. The molecule has 0 fully saturated rings. The minimum absolute atomic E-state index is 0.0502. The number of aryl methyl sites for hydroxylation is 2. The van der Waals surface area contributed by atoms with Crippen molar-refractivity contribution in [1.82, 2.24) is 15.3 Å².